The summed E-state index contributed by atoms with van der Waals surface area (Å²) in [5, 5.41) is 0. The van der Waals surface area contributed by atoms with Crippen LogP contribution in [0.15, 0.2) is 53.0 Å². The van der Waals surface area contributed by atoms with Crippen molar-refractivity contribution >= 4 is 27.8 Å². The first-order valence-corrected chi connectivity index (χ1v) is 8.09. The van der Waals surface area contributed by atoms with Crippen LogP contribution in [0.3, 0.4) is 0 Å². The number of nitrogens with zero attached hydrogens (tertiary/aromatic N) is 1. The summed E-state index contributed by atoms with van der Waals surface area (Å²) in [5.74, 6) is -0.160. The number of hydrogen-bond donors (Lipinski definition) is 0. The van der Waals surface area contributed by atoms with Gasteiger partial charge in [0.2, 0.25) is 0 Å². The van der Waals surface area contributed by atoms with Crippen LogP contribution < -0.4 is 4.74 Å². The van der Waals surface area contributed by atoms with E-state index in [2.05, 4.69) is 20.7 Å². The second-order valence-electron chi connectivity index (χ2n) is 5.15. The Balaban J connectivity index is 1.93. The number of hydrogen-bond acceptors (Lipinski definition) is 4. The normalized spacial score (nSPS) is 10.1. The van der Waals surface area contributed by atoms with Crippen molar-refractivity contribution in [2.75, 3.05) is 20.8 Å². The van der Waals surface area contributed by atoms with E-state index in [1.54, 1.807) is 36.2 Å². The van der Waals surface area contributed by atoms with E-state index in [9.17, 15) is 9.59 Å². The van der Waals surface area contributed by atoms with Crippen molar-refractivity contribution in [2.45, 2.75) is 6.54 Å². The number of amides is 1. The number of benzene rings is 2. The Kier molecular flexibility index (Phi) is 6.37. The minimum absolute atomic E-state index is 0.106. The summed E-state index contributed by atoms with van der Waals surface area (Å²) in [6, 6.07) is 14.3. The van der Waals surface area contributed by atoms with Gasteiger partial charge < -0.3 is 14.4 Å². The maximum Gasteiger partial charge on any atom is 0.337 e. The van der Waals surface area contributed by atoms with Gasteiger partial charge in [-0.25, -0.2) is 4.79 Å². The molecule has 0 N–H and O–H groups in total. The molecule has 0 aliphatic heterocycles. The highest BCUT2D eigenvalue weighted by Crippen LogP contribution is 2.18. The second-order valence-corrected chi connectivity index (χ2v) is 6.00. The molecule has 0 heterocycles. The van der Waals surface area contributed by atoms with Crippen LogP contribution in [-0.4, -0.2) is 37.5 Å². The Bertz CT molecular complexity index is 732. The van der Waals surface area contributed by atoms with Gasteiger partial charge in [0.25, 0.3) is 5.91 Å². The zero-order chi connectivity index (χ0) is 17.5. The molecule has 0 bridgehead atoms. The van der Waals surface area contributed by atoms with Crippen LogP contribution in [0.1, 0.15) is 15.9 Å². The summed E-state index contributed by atoms with van der Waals surface area (Å²) in [6.07, 6.45) is 0. The molecule has 5 nitrogen and oxygen atoms in total. The molecule has 1 amide bonds. The Morgan fingerprint density at radius 2 is 1.88 bits per heavy atom. The highest BCUT2D eigenvalue weighted by molar-refractivity contribution is 9.10. The number of likely N-dealkylation sites (N-methyl/N-ethyl adjacent to an activating group) is 1. The molecule has 0 saturated carbocycles. The van der Waals surface area contributed by atoms with Gasteiger partial charge in [-0.3, -0.25) is 4.79 Å². The third kappa shape index (κ3) is 4.83. The molecule has 0 radical (unpaired) electrons. The second kappa shape index (κ2) is 8.49. The van der Waals surface area contributed by atoms with Gasteiger partial charge in [-0.2, -0.15) is 0 Å². The average Bonchev–Trinajstić information content (AvgIpc) is 2.61. The lowest BCUT2D eigenvalue weighted by molar-refractivity contribution is -0.132. The Labute approximate surface area is 149 Å². The van der Waals surface area contributed by atoms with E-state index in [0.717, 1.165) is 10.0 Å². The van der Waals surface area contributed by atoms with Crippen LogP contribution in [-0.2, 0) is 16.1 Å². The smallest absolute Gasteiger partial charge is 0.337 e. The van der Waals surface area contributed by atoms with E-state index < -0.39 is 5.97 Å². The quantitative estimate of drug-likeness (QED) is 0.709. The monoisotopic (exact) mass is 391 g/mol. The number of methoxy groups -OCH3 is 1. The number of esters is 1. The molecule has 0 spiro atoms. The van der Waals surface area contributed by atoms with Crippen molar-refractivity contribution in [3.8, 4) is 5.75 Å². The highest BCUT2D eigenvalue weighted by Gasteiger charge is 2.12. The molecule has 0 saturated heterocycles. The minimum atomic E-state index is -0.446. The molecule has 2 rings (SSSR count). The standard InChI is InChI=1S/C18H18BrNO4/c1-20(11-14-6-3-4-9-16(14)19)17(21)12-24-15-8-5-7-13(10-15)18(22)23-2/h3-10H,11-12H2,1-2H3. The maximum atomic E-state index is 12.2. The van der Waals surface area contributed by atoms with Crippen LogP contribution in [0.4, 0.5) is 0 Å². The predicted molar refractivity (Wildman–Crippen MR) is 93.9 cm³/mol. The highest BCUT2D eigenvalue weighted by atomic mass is 79.9. The lowest BCUT2D eigenvalue weighted by Crippen LogP contribution is -2.31. The van der Waals surface area contributed by atoms with Crippen molar-refractivity contribution < 1.29 is 19.1 Å². The summed E-state index contributed by atoms with van der Waals surface area (Å²) in [4.78, 5) is 25.3. The molecule has 0 unspecified atom stereocenters. The lowest BCUT2D eigenvalue weighted by atomic mass is 10.2. The van der Waals surface area contributed by atoms with Gasteiger partial charge in [0.15, 0.2) is 6.61 Å². The van der Waals surface area contributed by atoms with Gasteiger partial charge in [-0.1, -0.05) is 40.2 Å². The van der Waals surface area contributed by atoms with Crippen LogP contribution in [0.5, 0.6) is 5.75 Å². The zero-order valence-corrected chi connectivity index (χ0v) is 15.1. The van der Waals surface area contributed by atoms with Gasteiger partial charge in [0.1, 0.15) is 5.75 Å². The van der Waals surface area contributed by atoms with Crippen LogP contribution >= 0.6 is 15.9 Å². The number of ether oxygens (including phenoxy) is 2. The largest absolute Gasteiger partial charge is 0.484 e. The molecule has 0 aliphatic rings. The molecular weight excluding hydrogens is 374 g/mol. The van der Waals surface area contributed by atoms with E-state index >= 15 is 0 Å². The van der Waals surface area contributed by atoms with Gasteiger partial charge in [0.05, 0.1) is 12.7 Å². The van der Waals surface area contributed by atoms with Crippen molar-refractivity contribution in [1.29, 1.82) is 0 Å². The minimum Gasteiger partial charge on any atom is -0.484 e. The first-order valence-electron chi connectivity index (χ1n) is 7.30. The Hall–Kier alpha value is -2.34. The molecule has 0 fully saturated rings. The molecule has 2 aromatic carbocycles. The first-order chi connectivity index (χ1) is 11.5. The van der Waals surface area contributed by atoms with Crippen LogP contribution in [0.2, 0.25) is 0 Å². The third-order valence-corrected chi connectivity index (χ3v) is 4.18. The number of rotatable bonds is 6. The molecule has 126 valence electrons. The van der Waals surface area contributed by atoms with E-state index in [0.29, 0.717) is 17.9 Å². The lowest BCUT2D eigenvalue weighted by Gasteiger charge is -2.18. The Morgan fingerprint density at radius 3 is 2.58 bits per heavy atom. The van der Waals surface area contributed by atoms with Crippen molar-refractivity contribution in [1.82, 2.24) is 4.90 Å². The van der Waals surface area contributed by atoms with Gasteiger partial charge in [0, 0.05) is 18.1 Å². The van der Waals surface area contributed by atoms with Gasteiger partial charge >= 0.3 is 5.97 Å². The molecule has 2 aromatic rings. The molecule has 0 aliphatic carbocycles. The van der Waals surface area contributed by atoms with Crippen LogP contribution in [0, 0.1) is 0 Å². The van der Waals surface area contributed by atoms with Crippen molar-refractivity contribution in [2.24, 2.45) is 0 Å². The molecule has 6 heteroatoms. The fourth-order valence-corrected chi connectivity index (χ4v) is 2.47. The molecule has 0 atom stereocenters. The molecular formula is C18H18BrNO4. The Morgan fingerprint density at radius 1 is 1.12 bits per heavy atom. The van der Waals surface area contributed by atoms with Crippen molar-refractivity contribution in [3.63, 3.8) is 0 Å². The third-order valence-electron chi connectivity index (χ3n) is 3.41. The summed E-state index contributed by atoms with van der Waals surface area (Å²) in [6.45, 7) is 0.372. The molecule has 0 aromatic heterocycles. The average molecular weight is 392 g/mol. The number of halogens is 1. The van der Waals surface area contributed by atoms with E-state index in [1.165, 1.54) is 7.11 Å². The summed E-state index contributed by atoms with van der Waals surface area (Å²) in [7, 11) is 3.03. The number of carbonyl (C=O) groups is 2. The fraction of sp³-hybridized carbons (Fsp3) is 0.222. The topological polar surface area (TPSA) is 55.8 Å². The van der Waals surface area contributed by atoms with E-state index in [4.69, 9.17) is 4.74 Å². The van der Waals surface area contributed by atoms with Gasteiger partial charge in [-0.05, 0) is 29.8 Å². The first kappa shape index (κ1) is 18.0. The summed E-state index contributed by atoms with van der Waals surface area (Å²) in [5.41, 5.74) is 1.39. The maximum absolute atomic E-state index is 12.2. The zero-order valence-electron chi connectivity index (χ0n) is 13.5. The van der Waals surface area contributed by atoms with Crippen LogP contribution in [0.25, 0.3) is 0 Å². The number of carbonyl (C=O) groups excluding carboxylic acids is 2. The van der Waals surface area contributed by atoms with Crippen molar-refractivity contribution in [3.05, 3.63) is 64.1 Å². The van der Waals surface area contributed by atoms with Gasteiger partial charge in [-0.15, -0.1) is 0 Å². The summed E-state index contributed by atoms with van der Waals surface area (Å²) >= 11 is 3.46. The summed E-state index contributed by atoms with van der Waals surface area (Å²) < 4.78 is 11.1. The SMILES string of the molecule is COC(=O)c1cccc(OCC(=O)N(C)Cc2ccccc2Br)c1. The van der Waals surface area contributed by atoms with E-state index in [-0.39, 0.29) is 12.5 Å². The molecule has 24 heavy (non-hydrogen) atoms. The predicted octanol–water partition coefficient (Wildman–Crippen LogP) is 3.27. The fourth-order valence-electron chi connectivity index (χ4n) is 2.06. The van der Waals surface area contributed by atoms with E-state index in [1.807, 2.05) is 24.3 Å².